The third kappa shape index (κ3) is 3.46. The molecule has 4 nitrogen and oxygen atoms in total. The van der Waals surface area contributed by atoms with E-state index in [-0.39, 0.29) is 22.4 Å². The van der Waals surface area contributed by atoms with Crippen molar-refractivity contribution in [3.05, 3.63) is 46.8 Å². The van der Waals surface area contributed by atoms with E-state index in [1.54, 1.807) is 0 Å². The smallest absolute Gasteiger partial charge is 0.220 e. The molecule has 1 heterocycles. The summed E-state index contributed by atoms with van der Waals surface area (Å²) in [6.07, 6.45) is 1.24. The van der Waals surface area contributed by atoms with Crippen LogP contribution in [0, 0.1) is 6.92 Å². The lowest BCUT2D eigenvalue weighted by molar-refractivity contribution is 0.0961. The maximum Gasteiger partial charge on any atom is 0.220 e. The third-order valence-corrected chi connectivity index (χ3v) is 5.31. The lowest BCUT2D eigenvalue weighted by atomic mass is 9.81. The number of hydrogen-bond donors (Lipinski definition) is 1. The van der Waals surface area contributed by atoms with E-state index in [1.807, 2.05) is 24.8 Å². The fraction of sp³-hybridized carbons (Fsp3) is 0.421. The molecule has 0 saturated heterocycles. The van der Waals surface area contributed by atoms with E-state index in [0.29, 0.717) is 17.7 Å². The number of fused-ring (bicyclic) bond motifs is 1. The number of nitrogen functional groups attached to an aromatic ring is 1. The summed E-state index contributed by atoms with van der Waals surface area (Å²) in [5.74, 6) is 0.510. The Morgan fingerprint density at radius 2 is 1.88 bits per heavy atom. The molecule has 1 aromatic heterocycles. The molecule has 1 aliphatic carbocycles. The van der Waals surface area contributed by atoms with Gasteiger partial charge in [-0.05, 0) is 30.9 Å². The first-order valence-corrected chi connectivity index (χ1v) is 9.00. The van der Waals surface area contributed by atoms with Crippen LogP contribution < -0.4 is 5.73 Å². The van der Waals surface area contributed by atoms with Crippen molar-refractivity contribution in [1.29, 1.82) is 0 Å². The fourth-order valence-corrected chi connectivity index (χ4v) is 4.42. The second kappa shape index (κ2) is 6.20. The molecule has 0 saturated carbocycles. The number of Topliss-reactive ketones (excluding diaryl/α,β-unsaturated/α-hetero) is 1. The number of carbonyl (C=O) groups is 1. The van der Waals surface area contributed by atoms with Gasteiger partial charge >= 0.3 is 0 Å². The van der Waals surface area contributed by atoms with E-state index in [4.69, 9.17) is 5.73 Å². The molecular weight excluding hydrogens is 318 g/mol. The Morgan fingerprint density at radius 3 is 2.58 bits per heavy atom. The van der Waals surface area contributed by atoms with Gasteiger partial charge in [0.1, 0.15) is 0 Å². The van der Waals surface area contributed by atoms with E-state index in [9.17, 15) is 4.79 Å². The predicted molar refractivity (Wildman–Crippen MR) is 98.6 cm³/mol. The lowest BCUT2D eigenvalue weighted by Crippen LogP contribution is -2.23. The molecule has 0 amide bonds. The molecule has 126 valence electrons. The van der Waals surface area contributed by atoms with Crippen molar-refractivity contribution in [2.24, 2.45) is 0 Å². The molecule has 0 aliphatic heterocycles. The zero-order valence-electron chi connectivity index (χ0n) is 14.6. The molecule has 1 aliphatic rings. The molecule has 1 unspecified atom stereocenters. The van der Waals surface area contributed by atoms with Crippen LogP contribution in [0.25, 0.3) is 0 Å². The van der Waals surface area contributed by atoms with Crippen molar-refractivity contribution >= 4 is 23.5 Å². The van der Waals surface area contributed by atoms with Crippen LogP contribution in [-0.4, -0.2) is 20.5 Å². The van der Waals surface area contributed by atoms with Gasteiger partial charge in [-0.15, -0.1) is 11.8 Å². The van der Waals surface area contributed by atoms with Crippen LogP contribution in [0.15, 0.2) is 29.2 Å². The monoisotopic (exact) mass is 341 g/mol. The summed E-state index contributed by atoms with van der Waals surface area (Å²) in [6.45, 7) is 8.44. The van der Waals surface area contributed by atoms with Crippen LogP contribution in [0.4, 0.5) is 5.95 Å². The maximum atomic E-state index is 12.7. The zero-order valence-corrected chi connectivity index (χ0v) is 15.4. The summed E-state index contributed by atoms with van der Waals surface area (Å²) < 4.78 is 0.121. The van der Waals surface area contributed by atoms with Crippen LogP contribution in [0.2, 0.25) is 0 Å². The topological polar surface area (TPSA) is 68.9 Å². The Bertz CT molecular complexity index is 796. The van der Waals surface area contributed by atoms with Gasteiger partial charge in [0.05, 0.1) is 17.0 Å². The first kappa shape index (κ1) is 17.0. The minimum Gasteiger partial charge on any atom is -0.368 e. The maximum absolute atomic E-state index is 12.7. The van der Waals surface area contributed by atoms with E-state index in [2.05, 4.69) is 48.9 Å². The number of aromatic nitrogens is 2. The van der Waals surface area contributed by atoms with E-state index < -0.39 is 0 Å². The SMILES string of the molecule is Cc1nc(N)nc2c1C(=O)CC(c1ccccc1SC(C)(C)C)C2. The molecule has 1 atom stereocenters. The number of thioether (sulfide) groups is 1. The molecule has 2 aromatic rings. The third-order valence-electron chi connectivity index (χ3n) is 4.11. The summed E-state index contributed by atoms with van der Waals surface area (Å²) in [5, 5.41) is 0. The predicted octanol–water partition coefficient (Wildman–Crippen LogP) is 4.17. The van der Waals surface area contributed by atoms with E-state index >= 15 is 0 Å². The molecule has 2 N–H and O–H groups in total. The second-order valence-electron chi connectivity index (χ2n) is 7.27. The van der Waals surface area contributed by atoms with Gasteiger partial charge in [-0.3, -0.25) is 4.79 Å². The number of aryl methyl sites for hydroxylation is 1. The highest BCUT2D eigenvalue weighted by atomic mass is 32.2. The normalized spacial score (nSPS) is 17.7. The van der Waals surface area contributed by atoms with Crippen molar-refractivity contribution < 1.29 is 4.79 Å². The number of hydrogen-bond acceptors (Lipinski definition) is 5. The highest BCUT2D eigenvalue weighted by Gasteiger charge is 2.31. The molecule has 24 heavy (non-hydrogen) atoms. The number of carbonyl (C=O) groups excluding carboxylic acids is 1. The van der Waals surface area contributed by atoms with Crippen LogP contribution in [-0.2, 0) is 6.42 Å². The quantitative estimate of drug-likeness (QED) is 0.830. The largest absolute Gasteiger partial charge is 0.368 e. The van der Waals surface area contributed by atoms with Crippen LogP contribution >= 0.6 is 11.8 Å². The molecular formula is C19H23N3OS. The highest BCUT2D eigenvalue weighted by Crippen LogP contribution is 2.41. The zero-order chi connectivity index (χ0) is 17.5. The average Bonchev–Trinajstić information content (AvgIpc) is 2.44. The number of rotatable bonds is 2. The van der Waals surface area contributed by atoms with Crippen molar-refractivity contribution in [1.82, 2.24) is 9.97 Å². The Morgan fingerprint density at radius 1 is 1.17 bits per heavy atom. The molecule has 0 bridgehead atoms. The fourth-order valence-electron chi connectivity index (χ4n) is 3.26. The molecule has 0 fully saturated rings. The average molecular weight is 341 g/mol. The number of anilines is 1. The summed E-state index contributed by atoms with van der Waals surface area (Å²) in [5.41, 5.74) is 9.17. The van der Waals surface area contributed by atoms with Gasteiger partial charge in [0.25, 0.3) is 0 Å². The minimum atomic E-state index is 0.120. The van der Waals surface area contributed by atoms with E-state index in [0.717, 1.165) is 12.1 Å². The Balaban J connectivity index is 2.00. The number of ketones is 1. The van der Waals surface area contributed by atoms with Crippen LogP contribution in [0.5, 0.6) is 0 Å². The Labute approximate surface area is 147 Å². The summed E-state index contributed by atoms with van der Waals surface area (Å²) >= 11 is 1.84. The van der Waals surface area contributed by atoms with Gasteiger partial charge in [-0.25, -0.2) is 9.97 Å². The summed E-state index contributed by atoms with van der Waals surface area (Å²) in [6, 6.07) is 8.38. The molecule has 3 rings (SSSR count). The van der Waals surface area contributed by atoms with Gasteiger partial charge in [0, 0.05) is 16.1 Å². The standard InChI is InChI=1S/C19H23N3OS/c1-11-17-14(22-18(20)21-11)9-12(10-15(17)23)13-7-5-6-8-16(13)24-19(2,3)4/h5-8,12H,9-10H2,1-4H3,(H2,20,21,22). The van der Waals surface area contributed by atoms with Gasteiger partial charge in [-0.2, -0.15) is 0 Å². The highest BCUT2D eigenvalue weighted by molar-refractivity contribution is 8.00. The number of nitrogens with zero attached hydrogens (tertiary/aromatic N) is 2. The van der Waals surface area contributed by atoms with Gasteiger partial charge in [0.15, 0.2) is 5.78 Å². The molecule has 0 radical (unpaired) electrons. The lowest BCUT2D eigenvalue weighted by Gasteiger charge is -2.27. The second-order valence-corrected chi connectivity index (χ2v) is 9.14. The first-order chi connectivity index (χ1) is 11.2. The van der Waals surface area contributed by atoms with Crippen molar-refractivity contribution in [3.63, 3.8) is 0 Å². The summed E-state index contributed by atoms with van der Waals surface area (Å²) in [7, 11) is 0. The molecule has 1 aromatic carbocycles. The Kier molecular flexibility index (Phi) is 4.38. The van der Waals surface area contributed by atoms with Gasteiger partial charge in [-0.1, -0.05) is 39.0 Å². The van der Waals surface area contributed by atoms with Crippen LogP contribution in [0.1, 0.15) is 60.4 Å². The van der Waals surface area contributed by atoms with Gasteiger partial charge < -0.3 is 5.73 Å². The van der Waals surface area contributed by atoms with Gasteiger partial charge in [0.2, 0.25) is 5.95 Å². The molecule has 0 spiro atoms. The summed E-state index contributed by atoms with van der Waals surface area (Å²) in [4.78, 5) is 22.4. The first-order valence-electron chi connectivity index (χ1n) is 8.19. The van der Waals surface area contributed by atoms with Crippen molar-refractivity contribution in [2.75, 3.05) is 5.73 Å². The van der Waals surface area contributed by atoms with E-state index in [1.165, 1.54) is 10.5 Å². The minimum absolute atomic E-state index is 0.120. The van der Waals surface area contributed by atoms with Crippen molar-refractivity contribution in [2.45, 2.75) is 56.1 Å². The number of nitrogens with two attached hydrogens (primary N) is 1. The Hall–Kier alpha value is -1.88. The van der Waals surface area contributed by atoms with Crippen molar-refractivity contribution in [3.8, 4) is 0 Å². The molecule has 5 heteroatoms. The van der Waals surface area contributed by atoms with Crippen LogP contribution in [0.3, 0.4) is 0 Å². The number of benzene rings is 1.